The van der Waals surface area contributed by atoms with Crippen molar-refractivity contribution in [3.8, 4) is 0 Å². The van der Waals surface area contributed by atoms with Crippen molar-refractivity contribution in [2.24, 2.45) is 0 Å². The standard InChI is InChI=1S/C10H8BrNO2/c1-14-10(13)7-2-3-8-6(9(7)11)4-5-12-8/h2-5,12H,1H3. The zero-order valence-electron chi connectivity index (χ0n) is 7.50. The van der Waals surface area contributed by atoms with Crippen molar-refractivity contribution in [1.29, 1.82) is 0 Å². The molecule has 3 nitrogen and oxygen atoms in total. The predicted octanol–water partition coefficient (Wildman–Crippen LogP) is 2.72. The molecule has 2 rings (SSSR count). The zero-order valence-corrected chi connectivity index (χ0v) is 9.09. The van der Waals surface area contributed by atoms with Crippen LogP contribution in [-0.2, 0) is 4.74 Å². The van der Waals surface area contributed by atoms with Crippen molar-refractivity contribution >= 4 is 32.8 Å². The molecule has 4 heteroatoms. The van der Waals surface area contributed by atoms with Gasteiger partial charge in [0.05, 0.1) is 12.7 Å². The number of aromatic nitrogens is 1. The van der Waals surface area contributed by atoms with E-state index in [1.165, 1.54) is 7.11 Å². The molecule has 0 amide bonds. The van der Waals surface area contributed by atoms with Gasteiger partial charge in [-0.25, -0.2) is 4.79 Å². The second-order valence-electron chi connectivity index (χ2n) is 2.86. The van der Waals surface area contributed by atoms with Crippen molar-refractivity contribution in [2.75, 3.05) is 7.11 Å². The van der Waals surface area contributed by atoms with Crippen molar-refractivity contribution in [1.82, 2.24) is 4.98 Å². The highest BCUT2D eigenvalue weighted by atomic mass is 79.9. The Morgan fingerprint density at radius 2 is 2.21 bits per heavy atom. The summed E-state index contributed by atoms with van der Waals surface area (Å²) in [6, 6.07) is 5.49. The number of fused-ring (bicyclic) bond motifs is 1. The van der Waals surface area contributed by atoms with Crippen LogP contribution >= 0.6 is 15.9 Å². The predicted molar refractivity (Wildman–Crippen MR) is 57.3 cm³/mol. The summed E-state index contributed by atoms with van der Waals surface area (Å²) in [6.07, 6.45) is 1.83. The number of benzene rings is 1. The number of aromatic amines is 1. The maximum Gasteiger partial charge on any atom is 0.339 e. The third kappa shape index (κ3) is 1.32. The molecule has 0 radical (unpaired) electrons. The lowest BCUT2D eigenvalue weighted by atomic mass is 10.1. The fourth-order valence-electron chi connectivity index (χ4n) is 1.36. The van der Waals surface area contributed by atoms with Gasteiger partial charge in [-0.15, -0.1) is 0 Å². The Kier molecular flexibility index (Phi) is 2.29. The van der Waals surface area contributed by atoms with Gasteiger partial charge < -0.3 is 9.72 Å². The minimum atomic E-state index is -0.333. The third-order valence-corrected chi connectivity index (χ3v) is 2.93. The van der Waals surface area contributed by atoms with E-state index in [1.54, 1.807) is 6.07 Å². The molecule has 0 atom stereocenters. The van der Waals surface area contributed by atoms with Crippen LogP contribution in [0.2, 0.25) is 0 Å². The first kappa shape index (κ1) is 9.27. The third-order valence-electron chi connectivity index (χ3n) is 2.07. The fraction of sp³-hybridized carbons (Fsp3) is 0.100. The first-order valence-electron chi connectivity index (χ1n) is 4.08. The number of hydrogen-bond donors (Lipinski definition) is 1. The van der Waals surface area contributed by atoms with Gasteiger partial charge in [0.15, 0.2) is 0 Å². The lowest BCUT2D eigenvalue weighted by Crippen LogP contribution is -2.01. The molecule has 1 N–H and O–H groups in total. The smallest absolute Gasteiger partial charge is 0.339 e. The lowest BCUT2D eigenvalue weighted by Gasteiger charge is -2.02. The summed E-state index contributed by atoms with van der Waals surface area (Å²) >= 11 is 3.38. The normalized spacial score (nSPS) is 10.4. The first-order chi connectivity index (χ1) is 6.74. The highest BCUT2D eigenvalue weighted by Crippen LogP contribution is 2.27. The molecule has 0 bridgehead atoms. The van der Waals surface area contributed by atoms with Crippen LogP contribution in [0.25, 0.3) is 10.9 Å². The van der Waals surface area contributed by atoms with E-state index in [0.717, 1.165) is 15.4 Å². The molecule has 14 heavy (non-hydrogen) atoms. The molecule has 0 aliphatic heterocycles. The number of halogens is 1. The van der Waals surface area contributed by atoms with Crippen LogP contribution in [0.1, 0.15) is 10.4 Å². The summed E-state index contributed by atoms with van der Waals surface area (Å²) in [5, 5.41) is 0.980. The van der Waals surface area contributed by atoms with E-state index in [9.17, 15) is 4.79 Å². The number of esters is 1. The number of rotatable bonds is 1. The number of H-pyrrole nitrogens is 1. The largest absolute Gasteiger partial charge is 0.465 e. The summed E-state index contributed by atoms with van der Waals surface area (Å²) in [6.45, 7) is 0. The summed E-state index contributed by atoms with van der Waals surface area (Å²) in [5.41, 5.74) is 1.53. The molecule has 2 aromatic rings. The topological polar surface area (TPSA) is 42.1 Å². The van der Waals surface area contributed by atoms with E-state index < -0.39 is 0 Å². The van der Waals surface area contributed by atoms with Gasteiger partial charge in [0.1, 0.15) is 0 Å². The molecule has 0 aliphatic carbocycles. The van der Waals surface area contributed by atoms with Crippen LogP contribution in [0.5, 0.6) is 0 Å². The van der Waals surface area contributed by atoms with E-state index in [2.05, 4.69) is 25.7 Å². The SMILES string of the molecule is COC(=O)c1ccc2[nH]ccc2c1Br. The van der Waals surface area contributed by atoms with Crippen molar-refractivity contribution in [3.63, 3.8) is 0 Å². The van der Waals surface area contributed by atoms with Gasteiger partial charge in [0.2, 0.25) is 0 Å². The molecule has 1 aromatic heterocycles. The van der Waals surface area contributed by atoms with Crippen molar-refractivity contribution in [2.45, 2.75) is 0 Å². The Hall–Kier alpha value is -1.29. The summed E-state index contributed by atoms with van der Waals surface area (Å²) in [7, 11) is 1.37. The average molecular weight is 254 g/mol. The molecular weight excluding hydrogens is 246 g/mol. The zero-order chi connectivity index (χ0) is 10.1. The van der Waals surface area contributed by atoms with E-state index >= 15 is 0 Å². The Morgan fingerprint density at radius 1 is 1.43 bits per heavy atom. The average Bonchev–Trinajstić information content (AvgIpc) is 2.66. The molecule has 0 spiro atoms. The van der Waals surface area contributed by atoms with Crippen LogP contribution in [0, 0.1) is 0 Å². The van der Waals surface area contributed by atoms with E-state index in [4.69, 9.17) is 0 Å². The van der Waals surface area contributed by atoms with E-state index in [1.807, 2.05) is 18.3 Å². The summed E-state index contributed by atoms with van der Waals surface area (Å²) in [5.74, 6) is -0.333. The molecule has 0 unspecified atom stereocenters. The fourth-order valence-corrected chi connectivity index (χ4v) is 2.00. The van der Waals surface area contributed by atoms with Crippen LogP contribution in [0.15, 0.2) is 28.9 Å². The highest BCUT2D eigenvalue weighted by molar-refractivity contribution is 9.10. The van der Waals surface area contributed by atoms with Gasteiger partial charge >= 0.3 is 5.97 Å². The Labute approximate surface area is 89.2 Å². The Balaban J connectivity index is 2.67. The number of hydrogen-bond acceptors (Lipinski definition) is 2. The van der Waals surface area contributed by atoms with E-state index in [-0.39, 0.29) is 5.97 Å². The Morgan fingerprint density at radius 3 is 2.93 bits per heavy atom. The van der Waals surface area contributed by atoms with Gasteiger partial charge in [-0.3, -0.25) is 0 Å². The molecule has 0 aliphatic rings. The molecule has 0 fully saturated rings. The second-order valence-corrected chi connectivity index (χ2v) is 3.65. The maximum atomic E-state index is 11.3. The molecule has 1 heterocycles. The van der Waals surface area contributed by atoms with Gasteiger partial charge in [-0.1, -0.05) is 0 Å². The quantitative estimate of drug-likeness (QED) is 0.795. The number of methoxy groups -OCH3 is 1. The van der Waals surface area contributed by atoms with E-state index in [0.29, 0.717) is 5.56 Å². The van der Waals surface area contributed by atoms with Crippen LogP contribution in [0.3, 0.4) is 0 Å². The molecule has 1 aromatic carbocycles. The van der Waals surface area contributed by atoms with Gasteiger partial charge in [-0.2, -0.15) is 0 Å². The number of carbonyl (C=O) groups excluding carboxylic acids is 1. The lowest BCUT2D eigenvalue weighted by molar-refractivity contribution is 0.0600. The summed E-state index contributed by atoms with van der Waals surface area (Å²) < 4.78 is 5.43. The van der Waals surface area contributed by atoms with Crippen molar-refractivity contribution in [3.05, 3.63) is 34.4 Å². The number of nitrogens with one attached hydrogen (secondary N) is 1. The molecular formula is C10H8BrNO2. The molecule has 72 valence electrons. The van der Waals surface area contributed by atoms with Gasteiger partial charge in [0, 0.05) is 21.6 Å². The summed E-state index contributed by atoms with van der Waals surface area (Å²) in [4.78, 5) is 14.4. The van der Waals surface area contributed by atoms with Crippen LogP contribution in [-0.4, -0.2) is 18.1 Å². The maximum absolute atomic E-state index is 11.3. The number of carbonyl (C=O) groups is 1. The minimum Gasteiger partial charge on any atom is -0.465 e. The van der Waals surface area contributed by atoms with Crippen LogP contribution < -0.4 is 0 Å². The van der Waals surface area contributed by atoms with Gasteiger partial charge in [-0.05, 0) is 34.1 Å². The van der Waals surface area contributed by atoms with Crippen molar-refractivity contribution < 1.29 is 9.53 Å². The monoisotopic (exact) mass is 253 g/mol. The van der Waals surface area contributed by atoms with Gasteiger partial charge in [0.25, 0.3) is 0 Å². The Bertz CT molecular complexity index is 490. The highest BCUT2D eigenvalue weighted by Gasteiger charge is 2.12. The first-order valence-corrected chi connectivity index (χ1v) is 4.87. The molecule has 0 saturated carbocycles. The minimum absolute atomic E-state index is 0.333. The van der Waals surface area contributed by atoms with Crippen LogP contribution in [0.4, 0.5) is 0 Å². The molecule has 0 saturated heterocycles. The number of ether oxygens (including phenoxy) is 1. The second kappa shape index (κ2) is 3.46.